The van der Waals surface area contributed by atoms with Crippen molar-refractivity contribution in [2.24, 2.45) is 0 Å². The summed E-state index contributed by atoms with van der Waals surface area (Å²) in [6, 6.07) is 16.8. The van der Waals surface area contributed by atoms with Gasteiger partial charge in [-0.1, -0.05) is 44.2 Å². The lowest BCUT2D eigenvalue weighted by Crippen LogP contribution is -2.30. The highest BCUT2D eigenvalue weighted by Gasteiger charge is 2.26. The minimum Gasteiger partial charge on any atom is -0.377 e. The molecule has 0 fully saturated rings. The SMILES string of the molecule is CC.CC(C)n1nc2c3c(cc(F)cc3c1=O)NC(c1ccncc1)C2.CNCc1ccccc1. The second kappa shape index (κ2) is 12.2. The molecule has 3 heterocycles. The van der Waals surface area contributed by atoms with Crippen molar-refractivity contribution in [2.75, 3.05) is 12.4 Å². The molecule has 4 aromatic rings. The fourth-order valence-electron chi connectivity index (χ4n) is 4.07. The van der Waals surface area contributed by atoms with Gasteiger partial charge >= 0.3 is 0 Å². The van der Waals surface area contributed by atoms with Crippen LogP contribution in [0.15, 0.2) is 71.8 Å². The van der Waals surface area contributed by atoms with Crippen LogP contribution in [0.25, 0.3) is 10.8 Å². The second-order valence-electron chi connectivity index (χ2n) is 8.36. The number of hydrogen-bond acceptors (Lipinski definition) is 5. The largest absolute Gasteiger partial charge is 0.377 e. The van der Waals surface area contributed by atoms with Crippen molar-refractivity contribution in [3.05, 3.63) is 100.0 Å². The maximum Gasteiger partial charge on any atom is 0.275 e. The molecule has 2 aromatic carbocycles. The van der Waals surface area contributed by atoms with Gasteiger partial charge in [-0.15, -0.1) is 0 Å². The maximum absolute atomic E-state index is 14.1. The van der Waals surface area contributed by atoms with Crippen LogP contribution in [0.1, 0.15) is 56.6 Å². The van der Waals surface area contributed by atoms with Crippen LogP contribution >= 0.6 is 0 Å². The standard InChI is InChI=1S/C18H17FN4O.C8H11N.C2H6/c1-10(2)23-18(24)13-7-12(19)8-15-17(13)16(22-23)9-14(21-15)11-3-5-20-6-4-11;1-9-7-8-5-3-2-4-6-8;1-2/h3-8,10,14,21H,9H2,1-2H3;2-6,9H,7H2,1H3;1-2H3. The van der Waals surface area contributed by atoms with Gasteiger partial charge in [-0.25, -0.2) is 9.07 Å². The van der Waals surface area contributed by atoms with E-state index in [1.807, 2.05) is 65.1 Å². The van der Waals surface area contributed by atoms with E-state index in [4.69, 9.17) is 0 Å². The number of nitrogens with one attached hydrogen (secondary N) is 2. The van der Waals surface area contributed by atoms with Crippen LogP contribution in [-0.2, 0) is 13.0 Å². The molecule has 1 atom stereocenters. The summed E-state index contributed by atoms with van der Waals surface area (Å²) in [4.78, 5) is 16.7. The van der Waals surface area contributed by atoms with Crippen LogP contribution in [0.5, 0.6) is 0 Å². The highest BCUT2D eigenvalue weighted by Crippen LogP contribution is 2.36. The molecule has 2 aromatic heterocycles. The Kier molecular flexibility index (Phi) is 9.09. The Morgan fingerprint density at radius 3 is 2.43 bits per heavy atom. The predicted molar refractivity (Wildman–Crippen MR) is 141 cm³/mol. The van der Waals surface area contributed by atoms with Crippen LogP contribution in [0.4, 0.5) is 10.1 Å². The number of anilines is 1. The van der Waals surface area contributed by atoms with Crippen LogP contribution in [0.3, 0.4) is 0 Å². The number of hydrogen-bond donors (Lipinski definition) is 2. The highest BCUT2D eigenvalue weighted by atomic mass is 19.1. The molecule has 2 N–H and O–H groups in total. The lowest BCUT2D eigenvalue weighted by molar-refractivity contribution is 0.494. The van der Waals surface area contributed by atoms with Gasteiger partial charge in [0.1, 0.15) is 5.82 Å². The average molecular weight is 476 g/mol. The van der Waals surface area contributed by atoms with Crippen molar-refractivity contribution in [3.63, 3.8) is 0 Å². The zero-order chi connectivity index (χ0) is 25.4. The molecule has 35 heavy (non-hydrogen) atoms. The summed E-state index contributed by atoms with van der Waals surface area (Å²) in [7, 11) is 1.95. The van der Waals surface area contributed by atoms with Crippen molar-refractivity contribution in [3.8, 4) is 0 Å². The van der Waals surface area contributed by atoms with Crippen LogP contribution in [0.2, 0.25) is 0 Å². The van der Waals surface area contributed by atoms with E-state index in [-0.39, 0.29) is 17.6 Å². The molecule has 0 spiro atoms. The fraction of sp³-hybridized carbons (Fsp3) is 0.321. The van der Waals surface area contributed by atoms with E-state index in [1.165, 1.54) is 22.4 Å². The quantitative estimate of drug-likeness (QED) is 0.399. The minimum absolute atomic E-state index is 0.0314. The Morgan fingerprint density at radius 2 is 1.80 bits per heavy atom. The maximum atomic E-state index is 14.1. The number of benzene rings is 2. The van der Waals surface area contributed by atoms with Gasteiger partial charge < -0.3 is 10.6 Å². The summed E-state index contributed by atoms with van der Waals surface area (Å²) in [6.45, 7) is 8.75. The van der Waals surface area contributed by atoms with E-state index in [2.05, 4.69) is 32.8 Å². The third kappa shape index (κ3) is 6.11. The molecule has 1 aliphatic rings. The summed E-state index contributed by atoms with van der Waals surface area (Å²) >= 11 is 0. The Hall–Kier alpha value is -3.58. The van der Waals surface area contributed by atoms with E-state index in [0.717, 1.165) is 23.2 Å². The topological polar surface area (TPSA) is 71.8 Å². The molecule has 184 valence electrons. The summed E-state index contributed by atoms with van der Waals surface area (Å²) in [5.74, 6) is -0.426. The molecule has 1 unspecified atom stereocenters. The first-order valence-corrected chi connectivity index (χ1v) is 12.1. The number of nitrogens with zero attached hydrogens (tertiary/aromatic N) is 3. The van der Waals surface area contributed by atoms with Crippen LogP contribution < -0.4 is 16.2 Å². The lowest BCUT2D eigenvalue weighted by atomic mass is 9.94. The predicted octanol–water partition coefficient (Wildman–Crippen LogP) is 5.65. The summed E-state index contributed by atoms with van der Waals surface area (Å²) in [5.41, 5.74) is 3.56. The molecule has 0 amide bonds. The van der Waals surface area contributed by atoms with Gasteiger partial charge in [0.2, 0.25) is 0 Å². The molecular weight excluding hydrogens is 441 g/mol. The second-order valence-corrected chi connectivity index (χ2v) is 8.36. The molecule has 0 bridgehead atoms. The number of rotatable bonds is 4. The van der Waals surface area contributed by atoms with Gasteiger partial charge in [0.05, 0.1) is 23.2 Å². The van der Waals surface area contributed by atoms with Crippen molar-refractivity contribution >= 4 is 16.5 Å². The Labute approximate surface area is 206 Å². The van der Waals surface area contributed by atoms with Gasteiger partial charge in [0, 0.05) is 36.4 Å². The zero-order valence-electron chi connectivity index (χ0n) is 21.0. The highest BCUT2D eigenvalue weighted by molar-refractivity contribution is 5.96. The van der Waals surface area contributed by atoms with E-state index in [1.54, 1.807) is 12.4 Å². The first-order valence-electron chi connectivity index (χ1n) is 12.1. The molecule has 0 radical (unpaired) electrons. The Balaban J connectivity index is 0.000000262. The van der Waals surface area contributed by atoms with Crippen LogP contribution in [-0.4, -0.2) is 21.8 Å². The Morgan fingerprint density at radius 1 is 1.11 bits per heavy atom. The average Bonchev–Trinajstić information content (AvgIpc) is 2.88. The van der Waals surface area contributed by atoms with Gasteiger partial charge in [0.25, 0.3) is 5.56 Å². The van der Waals surface area contributed by atoms with Crippen molar-refractivity contribution in [1.29, 1.82) is 0 Å². The van der Waals surface area contributed by atoms with Crippen molar-refractivity contribution < 1.29 is 4.39 Å². The molecule has 0 aliphatic carbocycles. The van der Waals surface area contributed by atoms with Crippen molar-refractivity contribution in [2.45, 2.75) is 52.7 Å². The van der Waals surface area contributed by atoms with E-state index in [0.29, 0.717) is 17.5 Å². The summed E-state index contributed by atoms with van der Waals surface area (Å²) in [5, 5.41) is 12.1. The van der Waals surface area contributed by atoms with Gasteiger partial charge in [0.15, 0.2) is 0 Å². The molecule has 0 saturated carbocycles. The molecule has 0 saturated heterocycles. The smallest absolute Gasteiger partial charge is 0.275 e. The molecular formula is C28H34FN5O. The third-order valence-electron chi connectivity index (χ3n) is 5.61. The molecule has 5 rings (SSSR count). The van der Waals surface area contributed by atoms with Gasteiger partial charge in [-0.3, -0.25) is 9.78 Å². The number of halogens is 1. The van der Waals surface area contributed by atoms with E-state index < -0.39 is 5.82 Å². The zero-order valence-corrected chi connectivity index (χ0v) is 21.0. The van der Waals surface area contributed by atoms with Gasteiger partial charge in [-0.05, 0) is 56.3 Å². The Bertz CT molecular complexity index is 1290. The van der Waals surface area contributed by atoms with Crippen LogP contribution in [0, 0.1) is 5.82 Å². The molecule has 7 heteroatoms. The van der Waals surface area contributed by atoms with Crippen molar-refractivity contribution in [1.82, 2.24) is 20.1 Å². The first kappa shape index (κ1) is 26.0. The summed E-state index contributed by atoms with van der Waals surface area (Å²) < 4.78 is 15.5. The molecule has 6 nitrogen and oxygen atoms in total. The lowest BCUT2D eigenvalue weighted by Gasteiger charge is -2.28. The normalized spacial score (nSPS) is 13.9. The first-order chi connectivity index (χ1) is 17.0. The number of aromatic nitrogens is 3. The molecule has 1 aliphatic heterocycles. The van der Waals surface area contributed by atoms with E-state index in [9.17, 15) is 9.18 Å². The number of pyridine rings is 1. The minimum atomic E-state index is -0.426. The van der Waals surface area contributed by atoms with E-state index >= 15 is 0 Å². The van der Waals surface area contributed by atoms with Gasteiger partial charge in [-0.2, -0.15) is 5.10 Å². The fourth-order valence-corrected chi connectivity index (χ4v) is 4.07. The monoisotopic (exact) mass is 475 g/mol. The third-order valence-corrected chi connectivity index (χ3v) is 5.61. The summed E-state index contributed by atoms with van der Waals surface area (Å²) in [6.07, 6.45) is 4.10.